The highest BCUT2D eigenvalue weighted by Gasteiger charge is 2.23. The average Bonchev–Trinajstić information content (AvgIpc) is 3.28. The Morgan fingerprint density at radius 2 is 1.97 bits per heavy atom. The number of H-pyrrole nitrogens is 1. The zero-order valence-corrected chi connectivity index (χ0v) is 19.5. The zero-order chi connectivity index (χ0) is 24.1. The van der Waals surface area contributed by atoms with Gasteiger partial charge in [0, 0.05) is 12.1 Å². The number of aliphatic hydroxyl groups excluding tert-OH is 1. The van der Waals surface area contributed by atoms with Crippen LogP contribution in [-0.2, 0) is 12.3 Å². The van der Waals surface area contributed by atoms with Gasteiger partial charge >= 0.3 is 0 Å². The number of para-hydroxylation sites is 1. The van der Waals surface area contributed by atoms with Crippen LogP contribution in [0.5, 0.6) is 5.75 Å². The monoisotopic (exact) mass is 480 g/mol. The minimum absolute atomic E-state index is 0.194. The fraction of sp³-hybridized carbons (Fsp3) is 0.261. The van der Waals surface area contributed by atoms with Crippen LogP contribution < -0.4 is 15.6 Å². The normalized spacial score (nSPS) is 12.0. The lowest BCUT2D eigenvalue weighted by Gasteiger charge is -2.17. The van der Waals surface area contributed by atoms with Gasteiger partial charge < -0.3 is 24.7 Å². The van der Waals surface area contributed by atoms with E-state index >= 15 is 0 Å². The van der Waals surface area contributed by atoms with Crippen LogP contribution in [0.4, 0.5) is 0 Å². The number of aliphatic hydroxyl groups is 1. The van der Waals surface area contributed by atoms with Crippen molar-refractivity contribution in [3.05, 3.63) is 76.1 Å². The number of nitrogens with one attached hydrogen (secondary N) is 2. The van der Waals surface area contributed by atoms with E-state index < -0.39 is 6.04 Å². The van der Waals surface area contributed by atoms with Crippen LogP contribution in [0.3, 0.4) is 0 Å². The van der Waals surface area contributed by atoms with Crippen molar-refractivity contribution in [3.8, 4) is 5.75 Å². The average molecular weight is 481 g/mol. The Hall–Kier alpha value is -3.70. The van der Waals surface area contributed by atoms with Gasteiger partial charge in [-0.05, 0) is 43.3 Å². The lowest BCUT2D eigenvalue weighted by Crippen LogP contribution is -2.32. The van der Waals surface area contributed by atoms with E-state index in [1.807, 2.05) is 17.6 Å². The lowest BCUT2D eigenvalue weighted by molar-refractivity contribution is 0.0911. The number of carbonyl (C=O) groups excluding carboxylic acids is 1. The van der Waals surface area contributed by atoms with Gasteiger partial charge in [0.2, 0.25) is 0 Å². The third-order valence-corrected chi connectivity index (χ3v) is 6.19. The molecular weight excluding hydrogens is 456 g/mol. The van der Waals surface area contributed by atoms with E-state index in [0.29, 0.717) is 51.3 Å². The third kappa shape index (κ3) is 4.95. The second-order valence-electron chi connectivity index (χ2n) is 7.34. The van der Waals surface area contributed by atoms with Crippen molar-refractivity contribution >= 4 is 28.6 Å². The number of carbonyl (C=O) groups is 1. The minimum Gasteiger partial charge on any atom is -0.497 e. The Morgan fingerprint density at radius 3 is 2.68 bits per heavy atom. The van der Waals surface area contributed by atoms with Crippen molar-refractivity contribution in [1.82, 2.24) is 30.0 Å². The smallest absolute Gasteiger partial charge is 0.258 e. The molecular formula is C23H24N6O4S. The van der Waals surface area contributed by atoms with Crippen molar-refractivity contribution in [2.24, 2.45) is 0 Å². The molecule has 3 N–H and O–H groups in total. The Morgan fingerprint density at radius 1 is 1.21 bits per heavy atom. The van der Waals surface area contributed by atoms with Gasteiger partial charge in [-0.2, -0.15) is 0 Å². The van der Waals surface area contributed by atoms with Crippen LogP contribution in [0.1, 0.15) is 35.0 Å². The molecule has 2 heterocycles. The second-order valence-corrected chi connectivity index (χ2v) is 8.28. The largest absolute Gasteiger partial charge is 0.497 e. The summed E-state index contributed by atoms with van der Waals surface area (Å²) in [7, 11) is 1.55. The number of aromatic nitrogens is 5. The number of hydrogen-bond donors (Lipinski definition) is 3. The SMILES string of the molecule is CCn1c(SCc2nc3ccccc3c(=O)[nH]2)nnc1C(CO)NC(=O)c1ccc(OC)cc1. The van der Waals surface area contributed by atoms with Gasteiger partial charge in [-0.25, -0.2) is 4.98 Å². The summed E-state index contributed by atoms with van der Waals surface area (Å²) >= 11 is 1.36. The molecule has 0 saturated carbocycles. The summed E-state index contributed by atoms with van der Waals surface area (Å²) < 4.78 is 6.93. The Bertz CT molecular complexity index is 1350. The van der Waals surface area contributed by atoms with E-state index in [2.05, 4.69) is 25.5 Å². The van der Waals surface area contributed by atoms with Crippen LogP contribution in [-0.4, -0.2) is 49.5 Å². The first-order chi connectivity index (χ1) is 16.5. The van der Waals surface area contributed by atoms with E-state index in [0.717, 1.165) is 0 Å². The molecule has 0 aliphatic heterocycles. The molecule has 0 aliphatic carbocycles. The molecule has 4 rings (SSSR count). The number of fused-ring (bicyclic) bond motifs is 1. The van der Waals surface area contributed by atoms with Crippen molar-refractivity contribution in [2.75, 3.05) is 13.7 Å². The molecule has 0 spiro atoms. The standard InChI is InChI=1S/C23H24N6O4S/c1-3-29-20(18(12-30)25-21(31)14-8-10-15(33-2)11-9-14)27-28-23(29)34-13-19-24-17-7-5-4-6-16(17)22(32)26-19/h4-11,18,30H,3,12-13H2,1-2H3,(H,25,31)(H,24,26,32). The topological polar surface area (TPSA) is 135 Å². The fourth-order valence-electron chi connectivity index (χ4n) is 3.47. The first-order valence-electron chi connectivity index (χ1n) is 10.6. The molecule has 10 nitrogen and oxygen atoms in total. The molecule has 0 aliphatic rings. The van der Waals surface area contributed by atoms with Crippen molar-refractivity contribution < 1.29 is 14.6 Å². The second kappa shape index (κ2) is 10.5. The van der Waals surface area contributed by atoms with E-state index in [4.69, 9.17) is 4.74 Å². The molecule has 0 radical (unpaired) electrons. The summed E-state index contributed by atoms with van der Waals surface area (Å²) in [6.07, 6.45) is 0. The van der Waals surface area contributed by atoms with Gasteiger partial charge in [-0.3, -0.25) is 9.59 Å². The molecule has 2 aromatic carbocycles. The maximum absolute atomic E-state index is 12.7. The number of aromatic amines is 1. The van der Waals surface area contributed by atoms with Gasteiger partial charge in [-0.1, -0.05) is 23.9 Å². The Labute approximate surface area is 199 Å². The maximum Gasteiger partial charge on any atom is 0.258 e. The van der Waals surface area contributed by atoms with E-state index in [-0.39, 0.29) is 18.1 Å². The number of ether oxygens (including phenoxy) is 1. The summed E-state index contributed by atoms with van der Waals surface area (Å²) in [6, 6.07) is 13.1. The van der Waals surface area contributed by atoms with E-state index in [1.54, 1.807) is 49.6 Å². The summed E-state index contributed by atoms with van der Waals surface area (Å²) in [4.78, 5) is 32.3. The number of methoxy groups -OCH3 is 1. The lowest BCUT2D eigenvalue weighted by atomic mass is 10.2. The number of hydrogen-bond acceptors (Lipinski definition) is 8. The molecule has 0 bridgehead atoms. The molecule has 1 atom stereocenters. The van der Waals surface area contributed by atoms with Gasteiger partial charge in [0.05, 0.1) is 30.4 Å². The predicted molar refractivity (Wildman–Crippen MR) is 128 cm³/mol. The first-order valence-corrected chi connectivity index (χ1v) is 11.6. The first kappa shape index (κ1) is 23.5. The van der Waals surface area contributed by atoms with Crippen molar-refractivity contribution in [3.63, 3.8) is 0 Å². The molecule has 1 unspecified atom stereocenters. The van der Waals surface area contributed by atoms with Crippen molar-refractivity contribution in [1.29, 1.82) is 0 Å². The molecule has 34 heavy (non-hydrogen) atoms. The number of nitrogens with zero attached hydrogens (tertiary/aromatic N) is 4. The highest BCUT2D eigenvalue weighted by Crippen LogP contribution is 2.23. The summed E-state index contributed by atoms with van der Waals surface area (Å²) in [5.41, 5.74) is 0.865. The zero-order valence-electron chi connectivity index (χ0n) is 18.7. The minimum atomic E-state index is -0.741. The maximum atomic E-state index is 12.7. The van der Waals surface area contributed by atoms with Crippen LogP contribution in [0.2, 0.25) is 0 Å². The van der Waals surface area contributed by atoms with Gasteiger partial charge in [0.25, 0.3) is 11.5 Å². The molecule has 1 amide bonds. The molecule has 4 aromatic rings. The van der Waals surface area contributed by atoms with Gasteiger partial charge in [0.1, 0.15) is 17.6 Å². The van der Waals surface area contributed by atoms with E-state index in [9.17, 15) is 14.7 Å². The number of thioether (sulfide) groups is 1. The van der Waals surface area contributed by atoms with Crippen LogP contribution in [0.15, 0.2) is 58.5 Å². The molecule has 176 valence electrons. The van der Waals surface area contributed by atoms with Crippen LogP contribution in [0.25, 0.3) is 10.9 Å². The Kier molecular flexibility index (Phi) is 7.24. The molecule has 2 aromatic heterocycles. The third-order valence-electron chi connectivity index (χ3n) is 5.21. The number of rotatable bonds is 9. The van der Waals surface area contributed by atoms with Gasteiger partial charge in [-0.15, -0.1) is 10.2 Å². The fourth-order valence-corrected chi connectivity index (χ4v) is 4.35. The van der Waals surface area contributed by atoms with Crippen molar-refractivity contribution in [2.45, 2.75) is 30.4 Å². The molecule has 0 saturated heterocycles. The quantitative estimate of drug-likeness (QED) is 0.311. The molecule has 0 fully saturated rings. The number of amides is 1. The highest BCUT2D eigenvalue weighted by molar-refractivity contribution is 7.98. The molecule has 11 heteroatoms. The summed E-state index contributed by atoms with van der Waals surface area (Å²) in [6.45, 7) is 2.11. The number of benzene rings is 2. The summed E-state index contributed by atoms with van der Waals surface area (Å²) in [5.74, 6) is 1.63. The Balaban J connectivity index is 1.50. The van der Waals surface area contributed by atoms with Gasteiger partial charge in [0.15, 0.2) is 11.0 Å². The highest BCUT2D eigenvalue weighted by atomic mass is 32.2. The predicted octanol–water partition coefficient (Wildman–Crippen LogP) is 2.30. The summed E-state index contributed by atoms with van der Waals surface area (Å²) in [5, 5.41) is 22.3. The van der Waals surface area contributed by atoms with Crippen LogP contribution in [0, 0.1) is 0 Å². The van der Waals surface area contributed by atoms with Crippen LogP contribution >= 0.6 is 11.8 Å². The van der Waals surface area contributed by atoms with E-state index in [1.165, 1.54) is 11.8 Å².